The minimum absolute atomic E-state index is 0.171. The molecule has 0 bridgehead atoms. The fourth-order valence-electron chi connectivity index (χ4n) is 0.866. The summed E-state index contributed by atoms with van der Waals surface area (Å²) >= 11 is -3.45. The predicted octanol–water partition coefficient (Wildman–Crippen LogP) is 15.3. The van der Waals surface area contributed by atoms with Crippen molar-refractivity contribution in [1.29, 1.82) is 0 Å². The molecule has 0 fully saturated rings. The van der Waals surface area contributed by atoms with E-state index >= 15 is 0 Å². The molecule has 0 amide bonds. The van der Waals surface area contributed by atoms with Gasteiger partial charge in [0, 0.05) is 0 Å². The molecule has 212 valence electrons. The summed E-state index contributed by atoms with van der Waals surface area (Å²) in [5.41, 5.74) is 0. The van der Waals surface area contributed by atoms with Gasteiger partial charge in [0.2, 0.25) is 0 Å². The van der Waals surface area contributed by atoms with Crippen LogP contribution in [-0.2, 0) is 29.4 Å². The summed E-state index contributed by atoms with van der Waals surface area (Å²) in [4.78, 5) is 0. The van der Waals surface area contributed by atoms with E-state index in [0.717, 1.165) is 0 Å². The fourth-order valence-corrected chi connectivity index (χ4v) is 2.60. The van der Waals surface area contributed by atoms with Gasteiger partial charge < -0.3 is 13.8 Å². The fraction of sp³-hybridized carbons (Fsp3) is 0.786. The molecule has 0 nitrogen and oxygen atoms in total. The second-order valence-corrected chi connectivity index (χ2v) is 133. The Bertz CT molecular complexity index is 404. The Balaban J connectivity index is -0.0000000484. The van der Waals surface area contributed by atoms with E-state index in [9.17, 15) is 0 Å². The van der Waals surface area contributed by atoms with Crippen LogP contribution in [0.25, 0.3) is 0 Å². The van der Waals surface area contributed by atoms with Crippen molar-refractivity contribution >= 4 is 150 Å². The van der Waals surface area contributed by atoms with Crippen molar-refractivity contribution in [2.24, 2.45) is 0 Å². The average Bonchev–Trinajstić information content (AvgIpc) is 2.57. The molecule has 0 aliphatic carbocycles. The van der Waals surface area contributed by atoms with Crippen molar-refractivity contribution in [3.63, 3.8) is 0 Å². The van der Waals surface area contributed by atoms with Crippen LogP contribution < -0.4 is 0 Å². The van der Waals surface area contributed by atoms with Crippen LogP contribution >= 0.6 is 132 Å². The number of rotatable bonds is 3. The van der Waals surface area contributed by atoms with Gasteiger partial charge >= 0.3 is 173 Å². The molecule has 0 N–H and O–H groups in total. The van der Waals surface area contributed by atoms with Gasteiger partial charge in [0.25, 0.3) is 14.1 Å². The van der Waals surface area contributed by atoms with Crippen molar-refractivity contribution in [3.8, 4) is 0 Å². The molecule has 0 aliphatic heterocycles. The molecule has 0 saturated heterocycles. The maximum atomic E-state index is 5.42. The molecule has 0 aliphatic rings. The zero-order valence-electron chi connectivity index (χ0n) is 19.2. The number of hydrogen-bond acceptors (Lipinski definition) is 0. The second-order valence-electron chi connectivity index (χ2n) is 4.26. The van der Waals surface area contributed by atoms with Gasteiger partial charge in [-0.3, -0.25) is 0 Å². The van der Waals surface area contributed by atoms with E-state index in [2.05, 4.69) is 34.6 Å². The van der Waals surface area contributed by atoms with E-state index in [-0.39, 0.29) is 14.1 Å². The topological polar surface area (TPSA) is 0 Å². The van der Waals surface area contributed by atoms with E-state index < -0.39 is 29.4 Å². The van der Waals surface area contributed by atoms with Crippen LogP contribution in [0, 0.1) is 13.8 Å². The molecule has 0 heterocycles. The molecule has 0 radical (unpaired) electrons. The third kappa shape index (κ3) is 169. The van der Waals surface area contributed by atoms with Crippen LogP contribution in [0.2, 0.25) is 15.8 Å². The molecule has 0 aromatic rings. The average molecular weight is 1280 g/mol. The van der Waals surface area contributed by atoms with Crippen LogP contribution in [0.15, 0.2) is 0 Å². The Labute approximate surface area is 259 Å². The van der Waals surface area contributed by atoms with Gasteiger partial charge in [0.1, 0.15) is 0 Å². The molecule has 32 heavy (non-hydrogen) atoms. The first-order chi connectivity index (χ1) is 13.6. The Morgan fingerprint density at radius 3 is 0.781 bits per heavy atom. The predicted molar refractivity (Wildman–Crippen MR) is 164 cm³/mol. The van der Waals surface area contributed by atoms with Gasteiger partial charge in [-0.1, -0.05) is 50.5 Å². The molecule has 0 unspecified atom stereocenters. The van der Waals surface area contributed by atoms with E-state index in [1.165, 1.54) is 20.2 Å². The molecule has 0 atom stereocenters. The summed E-state index contributed by atoms with van der Waals surface area (Å²) in [6.45, 7) is 22.6. The standard InChI is InChI=1S/C2H6.5C2H5.C2H4.Al.14ClH.3W/c7*1-2;;;;;;;;;;;;;;;;;;/h1-2H3;5*1H2,2H3;1H,2H3;;14*1H;;;/q;;;;2*-1;;;;;;;;;;;;;;;;;2*+4;+6/p-14. The van der Waals surface area contributed by atoms with Gasteiger partial charge in [-0.25, -0.2) is 0 Å². The number of halogens is 14. The summed E-state index contributed by atoms with van der Waals surface area (Å²) in [6, 6.07) is 0. The first kappa shape index (κ1) is 54.6. The summed E-state index contributed by atoms with van der Waals surface area (Å²) in [5.74, 6) is 0. The summed E-state index contributed by atoms with van der Waals surface area (Å²) in [6.07, 6.45) is 0. The van der Waals surface area contributed by atoms with Crippen LogP contribution in [0.5, 0.6) is 0 Å². The van der Waals surface area contributed by atoms with Crippen LogP contribution in [0.1, 0.15) is 55.4 Å². The van der Waals surface area contributed by atoms with Crippen LogP contribution in [0.4, 0.5) is 0 Å². The molecule has 0 aromatic heterocycles. The van der Waals surface area contributed by atoms with Gasteiger partial charge in [0.05, 0.1) is 0 Å². The SMILES string of the molecule is CC.C[CH2][Al]([CH2]C)[CH2]C.C[CH]=[W]([Cl])([Cl])([Cl])[Cl].[CH2-]C.[CH2-]C.[Cl][W]([Cl])([Cl])([Cl])([Cl])[Cl].[Cl][W]([Cl])([Cl])[Cl]. The third-order valence-electron chi connectivity index (χ3n) is 2.09. The second kappa shape index (κ2) is 25.3. The van der Waals surface area contributed by atoms with Crippen molar-refractivity contribution < 1.29 is 29.4 Å². The zero-order valence-corrected chi connectivity index (χ0v) is 39.7. The molecular formula is C14H35AlCl14W3-2. The first-order valence-corrected chi connectivity index (χ1v) is 63.8. The van der Waals surface area contributed by atoms with Gasteiger partial charge in [0.15, 0.2) is 0 Å². The molecule has 0 spiro atoms. The van der Waals surface area contributed by atoms with Gasteiger partial charge in [-0.2, -0.15) is 13.8 Å². The Morgan fingerprint density at radius 1 is 0.688 bits per heavy atom. The Morgan fingerprint density at radius 2 is 0.781 bits per heavy atom. The van der Waals surface area contributed by atoms with Crippen LogP contribution in [0.3, 0.4) is 0 Å². The monoisotopic (exact) mass is 1270 g/mol. The van der Waals surface area contributed by atoms with Crippen molar-refractivity contribution in [3.05, 3.63) is 13.8 Å². The molecule has 0 rings (SSSR count). The maximum absolute atomic E-state index is 5.47. The van der Waals surface area contributed by atoms with E-state index in [1.807, 2.05) is 13.8 Å². The normalized spacial score (nSPS) is 13.8. The quantitative estimate of drug-likeness (QED) is 0.195. The summed E-state index contributed by atoms with van der Waals surface area (Å²) < 4.78 is 1.48. The van der Waals surface area contributed by atoms with Crippen molar-refractivity contribution in [1.82, 2.24) is 0 Å². The molecule has 18 heteroatoms. The van der Waals surface area contributed by atoms with Gasteiger partial charge in [-0.15, -0.1) is 0 Å². The van der Waals surface area contributed by atoms with Crippen LogP contribution in [-0.4, -0.2) is 18.5 Å². The first-order valence-electron chi connectivity index (χ1n) is 8.73. The Kier molecular flexibility index (Phi) is 43.1. The molecule has 0 saturated carbocycles. The summed E-state index contributed by atoms with van der Waals surface area (Å²) in [5, 5.41) is 4.48. The van der Waals surface area contributed by atoms with Crippen molar-refractivity contribution in [2.45, 2.75) is 71.2 Å². The van der Waals surface area contributed by atoms with E-state index in [1.54, 1.807) is 20.8 Å². The zero-order chi connectivity index (χ0) is 28.8. The third-order valence-corrected chi connectivity index (χ3v) is 13.9. The number of hydrogen-bond donors (Lipinski definition) is 0. The van der Waals surface area contributed by atoms with Crippen molar-refractivity contribution in [2.75, 3.05) is 0 Å². The minimum atomic E-state index is -5.47. The van der Waals surface area contributed by atoms with E-state index in [4.69, 9.17) is 132 Å². The molecular weight excluding hydrogens is 1240 g/mol. The Hall–Kier alpha value is 6.53. The van der Waals surface area contributed by atoms with E-state index in [0.29, 0.717) is 0 Å². The molecule has 0 aromatic carbocycles. The van der Waals surface area contributed by atoms with Gasteiger partial charge in [-0.05, 0) is 0 Å². The summed E-state index contributed by atoms with van der Waals surface area (Å²) in [7, 11) is 62.7.